The van der Waals surface area contributed by atoms with Crippen LogP contribution in [-0.4, -0.2) is 10.3 Å². The predicted molar refractivity (Wildman–Crippen MR) is 47.8 cm³/mol. The van der Waals surface area contributed by atoms with Gasteiger partial charge < -0.3 is 0 Å². The first-order chi connectivity index (χ1) is 6.04. The molecule has 0 aliphatic heterocycles. The van der Waals surface area contributed by atoms with Crippen molar-refractivity contribution in [3.05, 3.63) is 16.1 Å². The average molecular weight is 270 g/mol. The second-order valence-electron chi connectivity index (χ2n) is 1.97. The van der Waals surface area contributed by atoms with Crippen molar-refractivity contribution >= 4 is 27.3 Å². The zero-order valence-corrected chi connectivity index (χ0v) is 8.55. The van der Waals surface area contributed by atoms with E-state index in [1.54, 1.807) is 0 Å². The van der Waals surface area contributed by atoms with Crippen molar-refractivity contribution in [3.8, 4) is 11.8 Å². The fourth-order valence-electron chi connectivity index (χ4n) is 0.570. The van der Waals surface area contributed by atoms with Crippen molar-refractivity contribution in [2.24, 2.45) is 0 Å². The van der Waals surface area contributed by atoms with Gasteiger partial charge in [-0.2, -0.15) is 13.2 Å². The minimum absolute atomic E-state index is 0.187. The van der Waals surface area contributed by atoms with Gasteiger partial charge in [0.05, 0.1) is 5.33 Å². The highest BCUT2D eigenvalue weighted by Gasteiger charge is 2.33. The molecule has 0 saturated heterocycles. The maximum Gasteiger partial charge on any atom is 0.434 e. The summed E-state index contributed by atoms with van der Waals surface area (Å²) in [4.78, 5) is 3.32. The van der Waals surface area contributed by atoms with E-state index >= 15 is 0 Å². The molecule has 0 aliphatic carbocycles. The lowest BCUT2D eigenvalue weighted by molar-refractivity contribution is -0.140. The van der Waals surface area contributed by atoms with Crippen LogP contribution in [0.15, 0.2) is 5.38 Å². The number of rotatable bonds is 0. The lowest BCUT2D eigenvalue weighted by atomic mass is 10.5. The second kappa shape index (κ2) is 4.11. The third-order valence-corrected chi connectivity index (χ3v) is 2.09. The Bertz CT molecular complexity index is 347. The van der Waals surface area contributed by atoms with E-state index < -0.39 is 11.9 Å². The Morgan fingerprint density at radius 2 is 2.23 bits per heavy atom. The van der Waals surface area contributed by atoms with E-state index in [0.29, 0.717) is 5.33 Å². The lowest BCUT2D eigenvalue weighted by Crippen LogP contribution is -2.04. The van der Waals surface area contributed by atoms with Gasteiger partial charge in [-0.3, -0.25) is 0 Å². The zero-order valence-electron chi connectivity index (χ0n) is 6.15. The third-order valence-electron chi connectivity index (χ3n) is 1.06. The summed E-state index contributed by atoms with van der Waals surface area (Å²) in [5.41, 5.74) is -0.878. The van der Waals surface area contributed by atoms with E-state index in [9.17, 15) is 13.2 Å². The number of nitrogens with zero attached hydrogens (tertiary/aromatic N) is 1. The molecule has 0 bridgehead atoms. The molecular weight excluding hydrogens is 267 g/mol. The standard InChI is InChI=1S/C7H3BrF3NS/c8-3-1-2-6-12-5(4-13-6)7(9,10)11/h4H,3H2. The van der Waals surface area contributed by atoms with Gasteiger partial charge in [0.2, 0.25) is 0 Å². The van der Waals surface area contributed by atoms with Crippen LogP contribution in [0.5, 0.6) is 0 Å². The van der Waals surface area contributed by atoms with Crippen molar-refractivity contribution < 1.29 is 13.2 Å². The number of alkyl halides is 4. The normalized spacial score (nSPS) is 10.8. The highest BCUT2D eigenvalue weighted by atomic mass is 79.9. The fraction of sp³-hybridized carbons (Fsp3) is 0.286. The molecule has 0 aromatic carbocycles. The largest absolute Gasteiger partial charge is 0.434 e. The van der Waals surface area contributed by atoms with Crippen LogP contribution in [0.3, 0.4) is 0 Å². The van der Waals surface area contributed by atoms with Crippen molar-refractivity contribution in [2.75, 3.05) is 5.33 Å². The molecule has 1 heterocycles. The SMILES string of the molecule is FC(F)(F)c1csc(C#CCBr)n1. The molecule has 6 heteroatoms. The summed E-state index contributed by atoms with van der Waals surface area (Å²) in [6, 6.07) is 0. The number of thiazole rings is 1. The van der Waals surface area contributed by atoms with Crippen LogP contribution in [0.2, 0.25) is 0 Å². The summed E-state index contributed by atoms with van der Waals surface area (Å²) in [5, 5.41) is 1.57. The molecule has 0 amide bonds. The number of hydrogen-bond donors (Lipinski definition) is 0. The molecule has 0 atom stereocenters. The van der Waals surface area contributed by atoms with Crippen molar-refractivity contribution in [1.29, 1.82) is 0 Å². The summed E-state index contributed by atoms with van der Waals surface area (Å²) in [6.07, 6.45) is -4.37. The maximum atomic E-state index is 12.0. The molecule has 0 aliphatic rings. The molecule has 1 aromatic heterocycles. The van der Waals surface area contributed by atoms with Crippen LogP contribution in [0.1, 0.15) is 10.7 Å². The van der Waals surface area contributed by atoms with Gasteiger partial charge in [-0.15, -0.1) is 11.3 Å². The number of aromatic nitrogens is 1. The highest BCUT2D eigenvalue weighted by Crippen LogP contribution is 2.29. The van der Waals surface area contributed by atoms with E-state index in [1.807, 2.05) is 0 Å². The minimum Gasteiger partial charge on any atom is -0.223 e. The molecule has 0 N–H and O–H groups in total. The van der Waals surface area contributed by atoms with Crippen molar-refractivity contribution in [2.45, 2.75) is 6.18 Å². The van der Waals surface area contributed by atoms with Gasteiger partial charge >= 0.3 is 6.18 Å². The molecule has 13 heavy (non-hydrogen) atoms. The fourth-order valence-corrected chi connectivity index (χ4v) is 1.40. The summed E-state index contributed by atoms with van der Waals surface area (Å²) in [7, 11) is 0. The first-order valence-corrected chi connectivity index (χ1v) is 5.11. The van der Waals surface area contributed by atoms with Gasteiger partial charge in [0.15, 0.2) is 10.7 Å². The monoisotopic (exact) mass is 269 g/mol. The molecule has 70 valence electrons. The van der Waals surface area contributed by atoms with Gasteiger partial charge in [0.25, 0.3) is 0 Å². The Morgan fingerprint density at radius 1 is 1.54 bits per heavy atom. The van der Waals surface area contributed by atoms with E-state index in [4.69, 9.17) is 0 Å². The molecule has 1 aromatic rings. The first kappa shape index (κ1) is 10.5. The average Bonchev–Trinajstić information content (AvgIpc) is 2.47. The Morgan fingerprint density at radius 3 is 2.69 bits per heavy atom. The first-order valence-electron chi connectivity index (χ1n) is 3.11. The third kappa shape index (κ3) is 3.01. The summed E-state index contributed by atoms with van der Waals surface area (Å²) in [5.74, 6) is 5.07. The summed E-state index contributed by atoms with van der Waals surface area (Å²) < 4.78 is 36.0. The van der Waals surface area contributed by atoms with Gasteiger partial charge in [-0.25, -0.2) is 4.98 Å². The van der Waals surface area contributed by atoms with Crippen LogP contribution in [0, 0.1) is 11.8 Å². The van der Waals surface area contributed by atoms with Crippen molar-refractivity contribution in [3.63, 3.8) is 0 Å². The molecule has 0 saturated carbocycles. The van der Waals surface area contributed by atoms with Crippen molar-refractivity contribution in [1.82, 2.24) is 4.98 Å². The molecule has 0 unspecified atom stereocenters. The minimum atomic E-state index is -4.37. The van der Waals surface area contributed by atoms with Gasteiger partial charge in [-0.05, 0) is 5.92 Å². The van der Waals surface area contributed by atoms with E-state index in [0.717, 1.165) is 16.7 Å². The van der Waals surface area contributed by atoms with Gasteiger partial charge in [0.1, 0.15) is 0 Å². The summed E-state index contributed by atoms with van der Waals surface area (Å²) in [6.45, 7) is 0. The molecule has 1 rings (SSSR count). The number of hydrogen-bond acceptors (Lipinski definition) is 2. The summed E-state index contributed by atoms with van der Waals surface area (Å²) >= 11 is 3.92. The molecule has 0 spiro atoms. The quantitative estimate of drug-likeness (QED) is 0.521. The van der Waals surface area contributed by atoms with E-state index in [-0.39, 0.29) is 5.01 Å². The Balaban J connectivity index is 2.87. The predicted octanol–water partition coefficient (Wildman–Crippen LogP) is 2.91. The molecule has 0 radical (unpaired) electrons. The maximum absolute atomic E-state index is 12.0. The lowest BCUT2D eigenvalue weighted by Gasteiger charge is -1.98. The number of halogens is 4. The van der Waals surface area contributed by atoms with E-state index in [2.05, 4.69) is 32.8 Å². The molecule has 1 nitrogen and oxygen atoms in total. The van der Waals surface area contributed by atoms with Gasteiger partial charge in [-0.1, -0.05) is 21.9 Å². The Labute approximate surface area is 85.1 Å². The highest BCUT2D eigenvalue weighted by molar-refractivity contribution is 9.09. The van der Waals surface area contributed by atoms with Crippen LogP contribution >= 0.6 is 27.3 Å². The van der Waals surface area contributed by atoms with Crippen LogP contribution in [0.25, 0.3) is 0 Å². The van der Waals surface area contributed by atoms with Crippen LogP contribution < -0.4 is 0 Å². The molecule has 0 fully saturated rings. The van der Waals surface area contributed by atoms with Crippen LogP contribution in [-0.2, 0) is 6.18 Å². The van der Waals surface area contributed by atoms with Crippen LogP contribution in [0.4, 0.5) is 13.2 Å². The Kier molecular flexibility index (Phi) is 3.33. The smallest absolute Gasteiger partial charge is 0.223 e. The molecular formula is C7H3BrF3NS. The van der Waals surface area contributed by atoms with E-state index in [1.165, 1.54) is 0 Å². The topological polar surface area (TPSA) is 12.9 Å². The zero-order chi connectivity index (χ0) is 9.90. The Hall–Kier alpha value is -0.540. The van der Waals surface area contributed by atoms with Gasteiger partial charge in [0, 0.05) is 5.38 Å². The second-order valence-corrected chi connectivity index (χ2v) is 3.39.